The molecule has 1 aliphatic rings. The summed E-state index contributed by atoms with van der Waals surface area (Å²) in [5.74, 6) is -0.216. The molecule has 136 valence electrons. The third-order valence-electron chi connectivity index (χ3n) is 4.45. The summed E-state index contributed by atoms with van der Waals surface area (Å²) < 4.78 is 8.35. The van der Waals surface area contributed by atoms with E-state index in [1.165, 1.54) is 9.08 Å². The summed E-state index contributed by atoms with van der Waals surface area (Å²) in [6.07, 6.45) is 2.03. The molecule has 0 aliphatic carbocycles. The van der Waals surface area contributed by atoms with Gasteiger partial charge in [-0.05, 0) is 32.9 Å². The number of hydrogen-bond acceptors (Lipinski definition) is 5. The Bertz CT molecular complexity index is 789. The Morgan fingerprint density at radius 2 is 2.08 bits per heavy atom. The topological polar surface area (TPSA) is 80.9 Å². The zero-order valence-electron chi connectivity index (χ0n) is 14.9. The number of fused-ring (bicyclic) bond motifs is 1. The van der Waals surface area contributed by atoms with Gasteiger partial charge in [-0.3, -0.25) is 14.1 Å². The Morgan fingerprint density at radius 3 is 2.76 bits per heavy atom. The average Bonchev–Trinajstić information content (AvgIpc) is 2.88. The number of carbonyl (C=O) groups excluding carboxylic acids is 1. The Balaban J connectivity index is 1.55. The van der Waals surface area contributed by atoms with E-state index in [9.17, 15) is 9.59 Å². The molecule has 1 amide bonds. The summed E-state index contributed by atoms with van der Waals surface area (Å²) in [6, 6.07) is 5.50. The molecule has 1 N–H and O–H groups in total. The predicted octanol–water partition coefficient (Wildman–Crippen LogP) is 0.110. The van der Waals surface area contributed by atoms with Crippen LogP contribution < -0.4 is 11.0 Å². The largest absolute Gasteiger partial charge is 0.373 e. The molecule has 2 aromatic heterocycles. The Hall–Kier alpha value is -2.19. The van der Waals surface area contributed by atoms with Crippen LogP contribution in [-0.2, 0) is 16.1 Å². The van der Waals surface area contributed by atoms with Crippen molar-refractivity contribution in [2.45, 2.75) is 45.6 Å². The first-order valence-electron chi connectivity index (χ1n) is 8.64. The van der Waals surface area contributed by atoms with Gasteiger partial charge in [-0.15, -0.1) is 5.10 Å². The molecule has 1 aliphatic heterocycles. The first-order chi connectivity index (χ1) is 11.9. The van der Waals surface area contributed by atoms with Gasteiger partial charge in [0.1, 0.15) is 6.54 Å². The quantitative estimate of drug-likeness (QED) is 0.830. The second kappa shape index (κ2) is 7.37. The Morgan fingerprint density at radius 1 is 1.36 bits per heavy atom. The van der Waals surface area contributed by atoms with Crippen LogP contribution in [-0.4, -0.2) is 62.9 Å². The van der Waals surface area contributed by atoms with E-state index in [1.807, 2.05) is 0 Å². The second-order valence-corrected chi connectivity index (χ2v) is 6.73. The number of amides is 1. The third kappa shape index (κ3) is 4.08. The van der Waals surface area contributed by atoms with Crippen molar-refractivity contribution in [1.82, 2.24) is 24.4 Å². The molecule has 8 heteroatoms. The number of ether oxygens (including phenoxy) is 1. The molecule has 1 fully saturated rings. The molecule has 3 heterocycles. The highest BCUT2D eigenvalue weighted by atomic mass is 16.5. The molecule has 25 heavy (non-hydrogen) atoms. The normalized spacial score (nSPS) is 22.8. The summed E-state index contributed by atoms with van der Waals surface area (Å²) >= 11 is 0. The van der Waals surface area contributed by atoms with Crippen molar-refractivity contribution in [3.8, 4) is 0 Å². The minimum Gasteiger partial charge on any atom is -0.373 e. The van der Waals surface area contributed by atoms with Gasteiger partial charge in [-0.1, -0.05) is 6.07 Å². The van der Waals surface area contributed by atoms with Crippen molar-refractivity contribution in [3.05, 3.63) is 34.9 Å². The lowest BCUT2D eigenvalue weighted by molar-refractivity contribution is -0.122. The van der Waals surface area contributed by atoms with E-state index in [4.69, 9.17) is 4.74 Å². The van der Waals surface area contributed by atoms with Gasteiger partial charge < -0.3 is 10.1 Å². The lowest BCUT2D eigenvalue weighted by atomic mass is 10.1. The fraction of sp³-hybridized carbons (Fsp3) is 0.588. The van der Waals surface area contributed by atoms with Crippen LogP contribution in [0, 0.1) is 0 Å². The lowest BCUT2D eigenvalue weighted by Gasteiger charge is -2.38. The molecule has 0 saturated carbocycles. The first kappa shape index (κ1) is 17.6. The molecule has 1 saturated heterocycles. The maximum absolute atomic E-state index is 12.2. The molecule has 3 atom stereocenters. The number of nitrogens with zero attached hydrogens (tertiary/aromatic N) is 4. The molecule has 0 aromatic carbocycles. The van der Waals surface area contributed by atoms with E-state index in [1.54, 1.807) is 24.4 Å². The molecule has 0 spiro atoms. The second-order valence-electron chi connectivity index (χ2n) is 6.73. The summed E-state index contributed by atoms with van der Waals surface area (Å²) in [5, 5.41) is 7.07. The molecule has 3 rings (SSSR count). The smallest absolute Gasteiger partial charge is 0.350 e. The summed E-state index contributed by atoms with van der Waals surface area (Å²) in [5.41, 5.74) is 0.222. The highest BCUT2D eigenvalue weighted by molar-refractivity contribution is 5.75. The molecular weight excluding hydrogens is 322 g/mol. The van der Waals surface area contributed by atoms with Gasteiger partial charge in [0.05, 0.1) is 12.2 Å². The minimum absolute atomic E-state index is 0.0802. The maximum atomic E-state index is 12.2. The van der Waals surface area contributed by atoms with Gasteiger partial charge in [-0.25, -0.2) is 9.48 Å². The fourth-order valence-electron chi connectivity index (χ4n) is 3.23. The highest BCUT2D eigenvalue weighted by Gasteiger charge is 2.25. The van der Waals surface area contributed by atoms with Gasteiger partial charge in [0.2, 0.25) is 5.91 Å². The lowest BCUT2D eigenvalue weighted by Crippen LogP contribution is -2.52. The van der Waals surface area contributed by atoms with Crippen molar-refractivity contribution in [3.63, 3.8) is 0 Å². The van der Waals surface area contributed by atoms with Crippen LogP contribution in [0.3, 0.4) is 0 Å². The number of hydrogen-bond donors (Lipinski definition) is 1. The number of aromatic nitrogens is 3. The van der Waals surface area contributed by atoms with Crippen molar-refractivity contribution in [1.29, 1.82) is 0 Å². The third-order valence-corrected chi connectivity index (χ3v) is 4.45. The van der Waals surface area contributed by atoms with Crippen LogP contribution in [0.5, 0.6) is 0 Å². The maximum Gasteiger partial charge on any atom is 0.350 e. The van der Waals surface area contributed by atoms with Crippen LogP contribution in [0.4, 0.5) is 0 Å². The SMILES string of the molecule is C[C@@H]1CN([C@H](C)CNC(=O)Cn2nc3ccccn3c2=O)C[C@H](C)O1. The summed E-state index contributed by atoms with van der Waals surface area (Å²) in [7, 11) is 0. The minimum atomic E-state index is -0.311. The standard InChI is InChI=1S/C17H25N5O3/c1-12(20-9-13(2)25-14(3)10-20)8-18-16(23)11-22-17(24)21-7-5-4-6-15(21)19-22/h4-7,12-14H,8-11H2,1-3H3,(H,18,23)/t12-,13-,14+/m1/s1. The van der Waals surface area contributed by atoms with E-state index >= 15 is 0 Å². The first-order valence-corrected chi connectivity index (χ1v) is 8.64. The van der Waals surface area contributed by atoms with Gasteiger partial charge in [-0.2, -0.15) is 0 Å². The van der Waals surface area contributed by atoms with Crippen molar-refractivity contribution in [2.75, 3.05) is 19.6 Å². The molecular formula is C17H25N5O3. The Labute approximate surface area is 146 Å². The summed E-state index contributed by atoms with van der Waals surface area (Å²) in [4.78, 5) is 26.7. The van der Waals surface area contributed by atoms with Gasteiger partial charge in [0.25, 0.3) is 0 Å². The number of rotatable bonds is 5. The number of morpholine rings is 1. The van der Waals surface area contributed by atoms with Crippen LogP contribution in [0.1, 0.15) is 20.8 Å². The van der Waals surface area contributed by atoms with Crippen molar-refractivity contribution in [2.24, 2.45) is 0 Å². The van der Waals surface area contributed by atoms with E-state index < -0.39 is 0 Å². The zero-order chi connectivity index (χ0) is 18.0. The van der Waals surface area contributed by atoms with Crippen LogP contribution in [0.15, 0.2) is 29.2 Å². The van der Waals surface area contributed by atoms with E-state index in [2.05, 4.69) is 36.1 Å². The Kier molecular flexibility index (Phi) is 5.19. The molecule has 0 bridgehead atoms. The predicted molar refractivity (Wildman–Crippen MR) is 93.5 cm³/mol. The molecule has 8 nitrogen and oxygen atoms in total. The molecule has 2 aromatic rings. The summed E-state index contributed by atoms with van der Waals surface area (Å²) in [6.45, 7) is 8.36. The fourth-order valence-corrected chi connectivity index (χ4v) is 3.23. The van der Waals surface area contributed by atoms with E-state index in [0.717, 1.165) is 13.1 Å². The number of pyridine rings is 1. The number of nitrogens with one attached hydrogen (secondary N) is 1. The van der Waals surface area contributed by atoms with E-state index in [-0.39, 0.29) is 36.4 Å². The van der Waals surface area contributed by atoms with Crippen molar-refractivity contribution >= 4 is 11.6 Å². The highest BCUT2D eigenvalue weighted by Crippen LogP contribution is 2.13. The van der Waals surface area contributed by atoms with Gasteiger partial charge >= 0.3 is 5.69 Å². The van der Waals surface area contributed by atoms with Crippen LogP contribution in [0.2, 0.25) is 0 Å². The zero-order valence-corrected chi connectivity index (χ0v) is 14.9. The number of carbonyl (C=O) groups is 1. The van der Waals surface area contributed by atoms with Crippen LogP contribution >= 0.6 is 0 Å². The van der Waals surface area contributed by atoms with Crippen LogP contribution in [0.25, 0.3) is 5.65 Å². The molecule has 0 unspecified atom stereocenters. The van der Waals surface area contributed by atoms with Gasteiger partial charge in [0.15, 0.2) is 5.65 Å². The molecule has 0 radical (unpaired) electrons. The van der Waals surface area contributed by atoms with E-state index in [0.29, 0.717) is 12.2 Å². The monoisotopic (exact) mass is 347 g/mol. The average molecular weight is 347 g/mol. The van der Waals surface area contributed by atoms with Gasteiger partial charge in [0, 0.05) is 31.9 Å². The van der Waals surface area contributed by atoms with Crippen molar-refractivity contribution < 1.29 is 9.53 Å².